The highest BCUT2D eigenvalue weighted by molar-refractivity contribution is 5.38. The molecule has 0 aliphatic carbocycles. The monoisotopic (exact) mass is 243 g/mol. The summed E-state index contributed by atoms with van der Waals surface area (Å²) in [5.74, 6) is 0.469. The lowest BCUT2D eigenvalue weighted by Crippen LogP contribution is -2.35. The van der Waals surface area contributed by atoms with Crippen molar-refractivity contribution in [2.75, 3.05) is 4.90 Å². The van der Waals surface area contributed by atoms with E-state index in [-0.39, 0.29) is 11.6 Å². The van der Waals surface area contributed by atoms with Gasteiger partial charge in [-0.25, -0.2) is 4.98 Å². The molecule has 0 amide bonds. The molecular weight excluding hydrogens is 226 g/mol. The van der Waals surface area contributed by atoms with Gasteiger partial charge >= 0.3 is 0 Å². The van der Waals surface area contributed by atoms with Crippen molar-refractivity contribution in [1.29, 1.82) is 0 Å². The van der Waals surface area contributed by atoms with E-state index in [0.29, 0.717) is 12.4 Å². The summed E-state index contributed by atoms with van der Waals surface area (Å²) in [5.41, 5.74) is 1.01. The van der Waals surface area contributed by atoms with E-state index < -0.39 is 0 Å². The molecule has 1 aromatic carbocycles. The topological polar surface area (TPSA) is 49.0 Å². The maximum Gasteiger partial charge on any atom is 0.290 e. The van der Waals surface area contributed by atoms with Gasteiger partial charge in [-0.15, -0.1) is 0 Å². The first-order chi connectivity index (χ1) is 8.68. The minimum Gasteiger partial charge on any atom is -0.345 e. The summed E-state index contributed by atoms with van der Waals surface area (Å²) in [4.78, 5) is 20.6. The van der Waals surface area contributed by atoms with E-state index >= 15 is 0 Å². The normalized spacial score (nSPS) is 10.6. The second-order valence-electron chi connectivity index (χ2n) is 4.45. The molecule has 0 atom stereocenters. The summed E-state index contributed by atoms with van der Waals surface area (Å²) in [6, 6.07) is 10.3. The Morgan fingerprint density at radius 1 is 1.28 bits per heavy atom. The van der Waals surface area contributed by atoms with Crippen LogP contribution in [0.5, 0.6) is 0 Å². The summed E-state index contributed by atoms with van der Waals surface area (Å²) in [6.45, 7) is 4.78. The lowest BCUT2D eigenvalue weighted by Gasteiger charge is -2.26. The van der Waals surface area contributed by atoms with Gasteiger partial charge in [-0.2, -0.15) is 0 Å². The highest BCUT2D eigenvalue weighted by Crippen LogP contribution is 2.13. The smallest absolute Gasteiger partial charge is 0.290 e. The average molecular weight is 243 g/mol. The van der Waals surface area contributed by atoms with Crippen LogP contribution in [0, 0.1) is 0 Å². The third-order valence-corrected chi connectivity index (χ3v) is 2.78. The van der Waals surface area contributed by atoms with Crippen LogP contribution < -0.4 is 10.5 Å². The van der Waals surface area contributed by atoms with Crippen molar-refractivity contribution in [3.63, 3.8) is 0 Å². The molecule has 0 saturated carbocycles. The standard InChI is InChI=1S/C14H17N3O/c1-11(2)17(10-12-6-4-3-5-7-12)13-14(18)16-9-8-15-13/h3-9,11H,10H2,1-2H3,(H,16,18). The lowest BCUT2D eigenvalue weighted by atomic mass is 10.2. The Morgan fingerprint density at radius 2 is 2.00 bits per heavy atom. The van der Waals surface area contributed by atoms with E-state index in [1.165, 1.54) is 0 Å². The molecule has 0 fully saturated rings. The molecule has 0 aliphatic rings. The average Bonchev–Trinajstić information content (AvgIpc) is 2.38. The molecule has 0 bridgehead atoms. The number of hydrogen-bond acceptors (Lipinski definition) is 3. The summed E-state index contributed by atoms with van der Waals surface area (Å²) in [6.07, 6.45) is 3.16. The first-order valence-electron chi connectivity index (χ1n) is 6.02. The van der Waals surface area contributed by atoms with Gasteiger partial charge in [-0.1, -0.05) is 30.3 Å². The van der Waals surface area contributed by atoms with Gasteiger partial charge in [0, 0.05) is 25.0 Å². The molecule has 2 aromatic rings. The molecule has 2 rings (SSSR count). The Hall–Kier alpha value is -2.10. The van der Waals surface area contributed by atoms with E-state index in [1.807, 2.05) is 35.2 Å². The van der Waals surface area contributed by atoms with Gasteiger partial charge in [0.1, 0.15) is 0 Å². The van der Waals surface area contributed by atoms with Crippen LogP contribution >= 0.6 is 0 Å². The number of nitrogens with zero attached hydrogens (tertiary/aromatic N) is 2. The van der Waals surface area contributed by atoms with Gasteiger partial charge in [0.05, 0.1) is 0 Å². The molecule has 0 radical (unpaired) electrons. The van der Waals surface area contributed by atoms with Crippen molar-refractivity contribution >= 4 is 5.82 Å². The van der Waals surface area contributed by atoms with Gasteiger partial charge in [0.25, 0.3) is 5.56 Å². The van der Waals surface area contributed by atoms with Gasteiger partial charge < -0.3 is 9.88 Å². The number of benzene rings is 1. The molecule has 0 unspecified atom stereocenters. The number of anilines is 1. The highest BCUT2D eigenvalue weighted by Gasteiger charge is 2.15. The zero-order chi connectivity index (χ0) is 13.0. The Balaban J connectivity index is 2.30. The summed E-state index contributed by atoms with van der Waals surface area (Å²) in [7, 11) is 0. The lowest BCUT2D eigenvalue weighted by molar-refractivity contribution is 0.667. The first kappa shape index (κ1) is 12.4. The minimum absolute atomic E-state index is 0.151. The SMILES string of the molecule is CC(C)N(Cc1ccccc1)c1ncc[nH]c1=O. The van der Waals surface area contributed by atoms with Crippen LogP contribution in [0.25, 0.3) is 0 Å². The molecule has 1 N–H and O–H groups in total. The molecule has 4 nitrogen and oxygen atoms in total. The van der Waals surface area contributed by atoms with E-state index in [9.17, 15) is 4.79 Å². The van der Waals surface area contributed by atoms with E-state index in [0.717, 1.165) is 5.56 Å². The predicted octanol–water partition coefficient (Wildman–Crippen LogP) is 2.18. The Kier molecular flexibility index (Phi) is 3.77. The van der Waals surface area contributed by atoms with Crippen molar-refractivity contribution in [3.8, 4) is 0 Å². The maximum atomic E-state index is 11.8. The van der Waals surface area contributed by atoms with Crippen LogP contribution in [0.15, 0.2) is 47.5 Å². The molecule has 1 heterocycles. The van der Waals surface area contributed by atoms with Crippen LogP contribution in [0.2, 0.25) is 0 Å². The van der Waals surface area contributed by atoms with Crippen LogP contribution in [-0.2, 0) is 6.54 Å². The molecule has 1 aromatic heterocycles. The summed E-state index contributed by atoms with van der Waals surface area (Å²) < 4.78 is 0. The quantitative estimate of drug-likeness (QED) is 0.895. The maximum absolute atomic E-state index is 11.8. The molecule has 0 saturated heterocycles. The van der Waals surface area contributed by atoms with E-state index in [1.54, 1.807) is 12.4 Å². The Bertz CT molecular complexity index is 548. The first-order valence-corrected chi connectivity index (χ1v) is 6.02. The minimum atomic E-state index is -0.151. The predicted molar refractivity (Wildman–Crippen MR) is 72.6 cm³/mol. The summed E-state index contributed by atoms with van der Waals surface area (Å²) >= 11 is 0. The largest absolute Gasteiger partial charge is 0.345 e. The Labute approximate surface area is 106 Å². The number of aromatic nitrogens is 2. The fraction of sp³-hybridized carbons (Fsp3) is 0.286. The number of rotatable bonds is 4. The molecule has 0 spiro atoms. The molecule has 4 heteroatoms. The van der Waals surface area contributed by atoms with Crippen LogP contribution in [0.3, 0.4) is 0 Å². The molecular formula is C14H17N3O. The summed E-state index contributed by atoms with van der Waals surface area (Å²) in [5, 5.41) is 0. The Morgan fingerprint density at radius 3 is 2.61 bits per heavy atom. The van der Waals surface area contributed by atoms with Crippen LogP contribution in [0.1, 0.15) is 19.4 Å². The van der Waals surface area contributed by atoms with Gasteiger partial charge in [-0.3, -0.25) is 4.79 Å². The zero-order valence-corrected chi connectivity index (χ0v) is 10.6. The van der Waals surface area contributed by atoms with Gasteiger partial charge in [0.2, 0.25) is 0 Å². The second-order valence-corrected chi connectivity index (χ2v) is 4.45. The fourth-order valence-corrected chi connectivity index (χ4v) is 1.83. The van der Waals surface area contributed by atoms with Gasteiger partial charge in [0.15, 0.2) is 5.82 Å². The van der Waals surface area contributed by atoms with Crippen molar-refractivity contribution in [3.05, 3.63) is 58.6 Å². The number of hydrogen-bond donors (Lipinski definition) is 1. The van der Waals surface area contributed by atoms with E-state index in [2.05, 4.69) is 23.8 Å². The molecule has 0 aliphatic heterocycles. The van der Waals surface area contributed by atoms with E-state index in [4.69, 9.17) is 0 Å². The van der Waals surface area contributed by atoms with Crippen molar-refractivity contribution in [2.45, 2.75) is 26.4 Å². The van der Waals surface area contributed by atoms with Crippen LogP contribution in [0.4, 0.5) is 5.82 Å². The van der Waals surface area contributed by atoms with Crippen molar-refractivity contribution in [1.82, 2.24) is 9.97 Å². The van der Waals surface area contributed by atoms with Crippen LogP contribution in [-0.4, -0.2) is 16.0 Å². The third-order valence-electron chi connectivity index (χ3n) is 2.78. The third kappa shape index (κ3) is 2.77. The zero-order valence-electron chi connectivity index (χ0n) is 10.6. The molecule has 18 heavy (non-hydrogen) atoms. The fourth-order valence-electron chi connectivity index (χ4n) is 1.83. The highest BCUT2D eigenvalue weighted by atomic mass is 16.1. The van der Waals surface area contributed by atoms with Crippen molar-refractivity contribution < 1.29 is 0 Å². The number of nitrogens with one attached hydrogen (secondary N) is 1. The number of H-pyrrole nitrogens is 1. The number of aromatic amines is 1. The van der Waals surface area contributed by atoms with Gasteiger partial charge in [-0.05, 0) is 19.4 Å². The second kappa shape index (κ2) is 5.49. The van der Waals surface area contributed by atoms with Crippen molar-refractivity contribution in [2.24, 2.45) is 0 Å². The molecule has 94 valence electrons.